The molecule has 2 amide bonds. The maximum absolute atomic E-state index is 12.5. The van der Waals surface area contributed by atoms with Crippen molar-refractivity contribution < 1.29 is 24.6 Å². The summed E-state index contributed by atoms with van der Waals surface area (Å²) in [6, 6.07) is 4.18. The normalized spacial score (nSPS) is 12.9. The third-order valence-corrected chi connectivity index (χ3v) is 4.08. The molecule has 9 heteroatoms. The van der Waals surface area contributed by atoms with Crippen LogP contribution in [0.25, 0.3) is 0 Å². The highest BCUT2D eigenvalue weighted by Gasteiger charge is 2.26. The van der Waals surface area contributed by atoms with Gasteiger partial charge in [-0.2, -0.15) is 11.8 Å². The van der Waals surface area contributed by atoms with Crippen LogP contribution >= 0.6 is 11.8 Å². The second-order valence-electron chi connectivity index (χ2n) is 5.38. The number of benzene rings is 1. The Hall–Kier alpha value is -2.26. The first-order chi connectivity index (χ1) is 11.9. The third kappa shape index (κ3) is 7.44. The average Bonchev–Trinajstić information content (AvgIpc) is 2.59. The molecule has 25 heavy (non-hydrogen) atoms. The fourth-order valence-electron chi connectivity index (χ4n) is 2.10. The van der Waals surface area contributed by atoms with Crippen molar-refractivity contribution in [2.75, 3.05) is 18.6 Å². The van der Waals surface area contributed by atoms with Crippen LogP contribution in [0.5, 0.6) is 5.75 Å². The van der Waals surface area contributed by atoms with Gasteiger partial charge < -0.3 is 26.6 Å². The molecule has 138 valence electrons. The highest BCUT2D eigenvalue weighted by atomic mass is 32.2. The summed E-state index contributed by atoms with van der Waals surface area (Å²) >= 11 is 1.48. The first-order valence-corrected chi connectivity index (χ1v) is 9.06. The number of rotatable bonds is 10. The van der Waals surface area contributed by atoms with Gasteiger partial charge in [-0.15, -0.1) is 0 Å². The van der Waals surface area contributed by atoms with E-state index in [1.54, 1.807) is 12.1 Å². The number of carbonyl (C=O) groups is 3. The van der Waals surface area contributed by atoms with E-state index in [4.69, 9.17) is 5.73 Å². The summed E-state index contributed by atoms with van der Waals surface area (Å²) in [6.45, 7) is -0.284. The molecule has 8 nitrogen and oxygen atoms in total. The monoisotopic (exact) mass is 369 g/mol. The molecule has 0 aliphatic rings. The Balaban J connectivity index is 2.85. The molecule has 0 aliphatic carbocycles. The van der Waals surface area contributed by atoms with Gasteiger partial charge in [-0.1, -0.05) is 12.1 Å². The number of aromatic hydroxyl groups is 1. The Morgan fingerprint density at radius 1 is 1.16 bits per heavy atom. The van der Waals surface area contributed by atoms with E-state index in [1.165, 1.54) is 23.9 Å². The first-order valence-electron chi connectivity index (χ1n) is 7.66. The third-order valence-electron chi connectivity index (χ3n) is 3.44. The molecule has 6 N–H and O–H groups in total. The molecule has 0 unspecified atom stereocenters. The summed E-state index contributed by atoms with van der Waals surface area (Å²) in [7, 11) is 0. The fourth-order valence-corrected chi connectivity index (χ4v) is 2.57. The molecule has 0 saturated heterocycles. The van der Waals surface area contributed by atoms with Gasteiger partial charge in [-0.3, -0.25) is 9.59 Å². The topological polar surface area (TPSA) is 142 Å². The lowest BCUT2D eigenvalue weighted by molar-refractivity contribution is -0.142. The van der Waals surface area contributed by atoms with E-state index in [1.807, 2.05) is 6.26 Å². The van der Waals surface area contributed by atoms with Crippen LogP contribution < -0.4 is 16.4 Å². The van der Waals surface area contributed by atoms with Crippen molar-refractivity contribution in [3.05, 3.63) is 29.8 Å². The van der Waals surface area contributed by atoms with Gasteiger partial charge in [0.05, 0.1) is 6.54 Å². The zero-order valence-electron chi connectivity index (χ0n) is 13.9. The molecule has 0 bridgehead atoms. The number of carboxylic acids is 1. The number of hydrogen-bond acceptors (Lipinski definition) is 6. The zero-order chi connectivity index (χ0) is 18.8. The molecule has 0 saturated carbocycles. The zero-order valence-corrected chi connectivity index (χ0v) is 14.7. The average molecular weight is 369 g/mol. The lowest BCUT2D eigenvalue weighted by atomic mass is 10.0. The summed E-state index contributed by atoms with van der Waals surface area (Å²) in [5, 5.41) is 23.5. The number of amides is 2. The molecule has 1 aromatic carbocycles. The van der Waals surface area contributed by atoms with E-state index in [2.05, 4.69) is 10.6 Å². The van der Waals surface area contributed by atoms with E-state index < -0.39 is 29.9 Å². The SMILES string of the molecule is CSCC[C@H](NC(=O)[C@H](Cc1ccc(O)cc1)NC(=O)CN)C(=O)O. The Morgan fingerprint density at radius 2 is 1.80 bits per heavy atom. The number of phenols is 1. The van der Waals surface area contributed by atoms with Crippen LogP contribution in [0.15, 0.2) is 24.3 Å². The van der Waals surface area contributed by atoms with Gasteiger partial charge in [0.1, 0.15) is 17.8 Å². The van der Waals surface area contributed by atoms with Crippen molar-refractivity contribution >= 4 is 29.5 Å². The molecule has 2 atom stereocenters. The summed E-state index contributed by atoms with van der Waals surface area (Å²) in [5.41, 5.74) is 5.98. The van der Waals surface area contributed by atoms with Crippen LogP contribution in [0, 0.1) is 0 Å². The van der Waals surface area contributed by atoms with E-state index in [9.17, 15) is 24.6 Å². The van der Waals surface area contributed by atoms with Gasteiger partial charge in [-0.05, 0) is 36.1 Å². The Labute approximate surface area is 150 Å². The minimum absolute atomic E-state index is 0.0822. The minimum atomic E-state index is -1.13. The van der Waals surface area contributed by atoms with Gasteiger partial charge in [0.25, 0.3) is 0 Å². The fraction of sp³-hybridized carbons (Fsp3) is 0.438. The summed E-state index contributed by atoms with van der Waals surface area (Å²) < 4.78 is 0. The van der Waals surface area contributed by atoms with Gasteiger partial charge >= 0.3 is 5.97 Å². The maximum Gasteiger partial charge on any atom is 0.326 e. The molecule has 0 aromatic heterocycles. The second-order valence-corrected chi connectivity index (χ2v) is 6.36. The quantitative estimate of drug-likeness (QED) is 0.381. The van der Waals surface area contributed by atoms with Crippen molar-refractivity contribution in [3.63, 3.8) is 0 Å². The molecule has 0 spiro atoms. The molecule has 0 fully saturated rings. The van der Waals surface area contributed by atoms with Crippen LogP contribution in [-0.4, -0.2) is 58.6 Å². The van der Waals surface area contributed by atoms with Crippen LogP contribution in [0.2, 0.25) is 0 Å². The Bertz CT molecular complexity index is 594. The number of nitrogens with one attached hydrogen (secondary N) is 2. The standard InChI is InChI=1S/C16H23N3O5S/c1-25-7-6-12(16(23)24)19-15(22)13(18-14(21)9-17)8-10-2-4-11(20)5-3-10/h2-5,12-13,20H,6-9,17H2,1H3,(H,18,21)(H,19,22)(H,23,24)/t12-,13-/m0/s1. The lowest BCUT2D eigenvalue weighted by Crippen LogP contribution is -2.53. The molecule has 1 aromatic rings. The van der Waals surface area contributed by atoms with E-state index in [0.29, 0.717) is 11.3 Å². The van der Waals surface area contributed by atoms with Crippen LogP contribution in [-0.2, 0) is 20.8 Å². The van der Waals surface area contributed by atoms with Gasteiger partial charge in [0.15, 0.2) is 0 Å². The van der Waals surface area contributed by atoms with Crippen molar-refractivity contribution in [1.29, 1.82) is 0 Å². The maximum atomic E-state index is 12.5. The van der Waals surface area contributed by atoms with Gasteiger partial charge in [0.2, 0.25) is 11.8 Å². The Morgan fingerprint density at radius 3 is 2.32 bits per heavy atom. The molecule has 1 rings (SSSR count). The summed E-state index contributed by atoms with van der Waals surface area (Å²) in [4.78, 5) is 35.3. The Kier molecular flexibility index (Phi) is 8.79. The number of carboxylic acid groups (broad SMARTS) is 1. The molecular formula is C16H23N3O5S. The number of hydrogen-bond donors (Lipinski definition) is 5. The van der Waals surface area contributed by atoms with Gasteiger partial charge in [0, 0.05) is 6.42 Å². The van der Waals surface area contributed by atoms with E-state index >= 15 is 0 Å². The number of carbonyl (C=O) groups excluding carboxylic acids is 2. The van der Waals surface area contributed by atoms with Gasteiger partial charge in [-0.25, -0.2) is 4.79 Å². The number of thioether (sulfide) groups is 1. The lowest BCUT2D eigenvalue weighted by Gasteiger charge is -2.21. The number of aliphatic carboxylic acids is 1. The van der Waals surface area contributed by atoms with Crippen molar-refractivity contribution in [2.24, 2.45) is 5.73 Å². The first kappa shape index (κ1) is 20.8. The molecule has 0 heterocycles. The van der Waals surface area contributed by atoms with E-state index in [-0.39, 0.29) is 25.1 Å². The largest absolute Gasteiger partial charge is 0.508 e. The smallest absolute Gasteiger partial charge is 0.326 e. The van der Waals surface area contributed by atoms with Crippen molar-refractivity contribution in [3.8, 4) is 5.75 Å². The second kappa shape index (κ2) is 10.6. The minimum Gasteiger partial charge on any atom is -0.508 e. The van der Waals surface area contributed by atoms with Crippen LogP contribution in [0.4, 0.5) is 0 Å². The predicted molar refractivity (Wildman–Crippen MR) is 95.4 cm³/mol. The van der Waals surface area contributed by atoms with E-state index in [0.717, 1.165) is 0 Å². The predicted octanol–water partition coefficient (Wildman–Crippen LogP) is -0.299. The highest BCUT2D eigenvalue weighted by molar-refractivity contribution is 7.98. The number of nitrogens with two attached hydrogens (primary N) is 1. The van der Waals surface area contributed by atoms with Crippen molar-refractivity contribution in [1.82, 2.24) is 10.6 Å². The molecule has 0 aliphatic heterocycles. The summed E-state index contributed by atoms with van der Waals surface area (Å²) in [6.07, 6.45) is 2.27. The van der Waals surface area contributed by atoms with Crippen molar-refractivity contribution in [2.45, 2.75) is 24.9 Å². The summed E-state index contributed by atoms with van der Waals surface area (Å²) in [5.74, 6) is -1.58. The van der Waals surface area contributed by atoms with Crippen LogP contribution in [0.1, 0.15) is 12.0 Å². The van der Waals surface area contributed by atoms with Crippen LogP contribution in [0.3, 0.4) is 0 Å². The highest BCUT2D eigenvalue weighted by Crippen LogP contribution is 2.12. The number of phenolic OH excluding ortho intramolecular Hbond substituents is 1. The molecular weight excluding hydrogens is 346 g/mol. The molecule has 0 radical (unpaired) electrons.